The predicted molar refractivity (Wildman–Crippen MR) is 75.4 cm³/mol. The van der Waals surface area contributed by atoms with Crippen LogP contribution in [0.1, 0.15) is 47.5 Å². The molecule has 106 valence electrons. The monoisotopic (exact) mass is 255 g/mol. The van der Waals surface area contributed by atoms with E-state index < -0.39 is 0 Å². The third kappa shape index (κ3) is 3.04. The maximum atomic E-state index is 12.5. The molecular weight excluding hydrogens is 226 g/mol. The minimum atomic E-state index is -0.364. The Bertz CT molecular complexity index is 293. The van der Waals surface area contributed by atoms with Crippen LogP contribution in [0.5, 0.6) is 0 Å². The molecule has 18 heavy (non-hydrogen) atoms. The van der Waals surface area contributed by atoms with Gasteiger partial charge in [-0.2, -0.15) is 0 Å². The number of carbonyl (C=O) groups excluding carboxylic acids is 1. The molecule has 0 aromatic carbocycles. The lowest BCUT2D eigenvalue weighted by Crippen LogP contribution is -2.44. The zero-order valence-electron chi connectivity index (χ0n) is 12.8. The highest BCUT2D eigenvalue weighted by Crippen LogP contribution is 2.24. The van der Waals surface area contributed by atoms with E-state index in [1.165, 1.54) is 0 Å². The van der Waals surface area contributed by atoms with Gasteiger partial charge in [0.15, 0.2) is 0 Å². The number of hydrogen-bond donors (Lipinski definition) is 1. The molecule has 1 rings (SSSR count). The van der Waals surface area contributed by atoms with E-state index in [1.54, 1.807) is 0 Å². The van der Waals surface area contributed by atoms with E-state index in [-0.39, 0.29) is 17.6 Å². The second-order valence-corrected chi connectivity index (χ2v) is 5.83. The summed E-state index contributed by atoms with van der Waals surface area (Å²) in [6.45, 7) is 12.3. The predicted octanol–water partition coefficient (Wildman–Crippen LogP) is 1.66. The first kappa shape index (κ1) is 15.4. The summed E-state index contributed by atoms with van der Waals surface area (Å²) in [5.41, 5.74) is -0.364. The average Bonchev–Trinajstić information content (AvgIpc) is 2.59. The van der Waals surface area contributed by atoms with Crippen molar-refractivity contribution in [3.05, 3.63) is 0 Å². The van der Waals surface area contributed by atoms with E-state index in [1.807, 2.05) is 11.8 Å². The second-order valence-electron chi connectivity index (χ2n) is 5.83. The van der Waals surface area contributed by atoms with Gasteiger partial charge in [0, 0.05) is 19.1 Å². The van der Waals surface area contributed by atoms with Gasteiger partial charge in [0.1, 0.15) is 0 Å². The molecule has 1 saturated heterocycles. The first-order valence-corrected chi connectivity index (χ1v) is 7.14. The number of nitrogens with one attached hydrogen (secondary N) is 1. The maximum absolute atomic E-state index is 12.5. The lowest BCUT2D eigenvalue weighted by Gasteiger charge is -2.28. The normalized spacial score (nSPS) is 28.8. The SMILES string of the molecule is CCC1NC(C)(CC)C(=O)N1CCN(C)C(C)C. The molecule has 0 radical (unpaired) electrons. The number of hydrogen-bond acceptors (Lipinski definition) is 3. The van der Waals surface area contributed by atoms with Crippen molar-refractivity contribution in [2.75, 3.05) is 20.1 Å². The van der Waals surface area contributed by atoms with Crippen molar-refractivity contribution < 1.29 is 4.79 Å². The molecule has 2 unspecified atom stereocenters. The fourth-order valence-electron chi connectivity index (χ4n) is 2.32. The molecule has 4 heteroatoms. The van der Waals surface area contributed by atoms with Crippen molar-refractivity contribution in [2.45, 2.75) is 65.2 Å². The van der Waals surface area contributed by atoms with Gasteiger partial charge in [-0.05, 0) is 40.7 Å². The summed E-state index contributed by atoms with van der Waals surface area (Å²) in [5.74, 6) is 0.258. The first-order chi connectivity index (χ1) is 8.35. The number of amides is 1. The highest BCUT2D eigenvalue weighted by Gasteiger charge is 2.45. The van der Waals surface area contributed by atoms with Gasteiger partial charge in [0.05, 0.1) is 11.7 Å². The Morgan fingerprint density at radius 2 is 2.06 bits per heavy atom. The van der Waals surface area contributed by atoms with Crippen molar-refractivity contribution in [1.82, 2.24) is 15.1 Å². The van der Waals surface area contributed by atoms with Crippen LogP contribution in [0.2, 0.25) is 0 Å². The van der Waals surface area contributed by atoms with Gasteiger partial charge in [-0.1, -0.05) is 13.8 Å². The van der Waals surface area contributed by atoms with Crippen LogP contribution >= 0.6 is 0 Å². The largest absolute Gasteiger partial charge is 0.324 e. The summed E-state index contributed by atoms with van der Waals surface area (Å²) in [5, 5.41) is 3.48. The molecule has 1 heterocycles. The van der Waals surface area contributed by atoms with E-state index >= 15 is 0 Å². The van der Waals surface area contributed by atoms with Crippen LogP contribution in [0.15, 0.2) is 0 Å². The van der Waals surface area contributed by atoms with Crippen molar-refractivity contribution in [3.63, 3.8) is 0 Å². The molecule has 1 N–H and O–H groups in total. The summed E-state index contributed by atoms with van der Waals surface area (Å²) in [6, 6.07) is 0.522. The molecule has 0 aromatic rings. The van der Waals surface area contributed by atoms with Gasteiger partial charge in [-0.25, -0.2) is 0 Å². The Morgan fingerprint density at radius 3 is 2.50 bits per heavy atom. The van der Waals surface area contributed by atoms with Crippen LogP contribution in [0.4, 0.5) is 0 Å². The molecular formula is C14H29N3O. The Labute approximate surface area is 112 Å². The van der Waals surface area contributed by atoms with Crippen LogP contribution in [-0.4, -0.2) is 53.6 Å². The fraction of sp³-hybridized carbons (Fsp3) is 0.929. The van der Waals surface area contributed by atoms with E-state index in [0.717, 1.165) is 25.9 Å². The first-order valence-electron chi connectivity index (χ1n) is 7.14. The fourth-order valence-corrected chi connectivity index (χ4v) is 2.32. The number of rotatable bonds is 6. The molecule has 2 atom stereocenters. The van der Waals surface area contributed by atoms with Gasteiger partial charge in [-0.3, -0.25) is 10.1 Å². The molecule has 4 nitrogen and oxygen atoms in total. The van der Waals surface area contributed by atoms with Crippen molar-refractivity contribution in [1.29, 1.82) is 0 Å². The summed E-state index contributed by atoms with van der Waals surface area (Å²) >= 11 is 0. The van der Waals surface area contributed by atoms with Gasteiger partial charge >= 0.3 is 0 Å². The average molecular weight is 255 g/mol. The molecule has 0 saturated carbocycles. The van der Waals surface area contributed by atoms with Crippen LogP contribution in [0.25, 0.3) is 0 Å². The van der Waals surface area contributed by atoms with Gasteiger partial charge in [0.2, 0.25) is 5.91 Å². The van der Waals surface area contributed by atoms with E-state index in [2.05, 4.69) is 45.0 Å². The molecule has 1 amide bonds. The minimum Gasteiger partial charge on any atom is -0.324 e. The Hall–Kier alpha value is -0.610. The van der Waals surface area contributed by atoms with Crippen molar-refractivity contribution in [3.8, 4) is 0 Å². The Balaban J connectivity index is 2.66. The van der Waals surface area contributed by atoms with Crippen LogP contribution in [0, 0.1) is 0 Å². The Kier molecular flexibility index (Phi) is 5.17. The lowest BCUT2D eigenvalue weighted by molar-refractivity contribution is -0.133. The van der Waals surface area contributed by atoms with Gasteiger partial charge < -0.3 is 9.80 Å². The molecule has 1 aliphatic heterocycles. The quantitative estimate of drug-likeness (QED) is 0.784. The van der Waals surface area contributed by atoms with E-state index in [4.69, 9.17) is 0 Å². The van der Waals surface area contributed by atoms with Crippen LogP contribution in [-0.2, 0) is 4.79 Å². The summed E-state index contributed by atoms with van der Waals surface area (Å²) < 4.78 is 0. The van der Waals surface area contributed by atoms with Crippen molar-refractivity contribution >= 4 is 5.91 Å². The molecule has 0 bridgehead atoms. The summed E-state index contributed by atoms with van der Waals surface area (Å²) in [7, 11) is 2.11. The topological polar surface area (TPSA) is 35.6 Å². The van der Waals surface area contributed by atoms with E-state index in [0.29, 0.717) is 6.04 Å². The zero-order chi connectivity index (χ0) is 13.9. The third-order valence-electron chi connectivity index (χ3n) is 4.26. The molecule has 0 spiro atoms. The second kappa shape index (κ2) is 6.02. The minimum absolute atomic E-state index is 0.197. The molecule has 0 aliphatic carbocycles. The van der Waals surface area contributed by atoms with Gasteiger partial charge in [-0.15, -0.1) is 0 Å². The number of nitrogens with zero attached hydrogens (tertiary/aromatic N) is 2. The molecule has 1 aliphatic rings. The number of likely N-dealkylation sites (N-methyl/N-ethyl adjacent to an activating group) is 1. The lowest BCUT2D eigenvalue weighted by atomic mass is 9.99. The molecule has 1 fully saturated rings. The Morgan fingerprint density at radius 1 is 1.44 bits per heavy atom. The number of carbonyl (C=O) groups is 1. The highest BCUT2D eigenvalue weighted by molar-refractivity contribution is 5.88. The summed E-state index contributed by atoms with van der Waals surface area (Å²) in [4.78, 5) is 16.8. The smallest absolute Gasteiger partial charge is 0.243 e. The van der Waals surface area contributed by atoms with Gasteiger partial charge in [0.25, 0.3) is 0 Å². The highest BCUT2D eigenvalue weighted by atomic mass is 16.2. The van der Waals surface area contributed by atoms with E-state index in [9.17, 15) is 4.79 Å². The maximum Gasteiger partial charge on any atom is 0.243 e. The van der Waals surface area contributed by atoms with Crippen molar-refractivity contribution in [2.24, 2.45) is 0 Å². The molecule has 0 aromatic heterocycles. The standard InChI is InChI=1S/C14H29N3O/c1-7-12-15-14(5,8-2)13(18)17(12)10-9-16(6)11(3)4/h11-12,15H,7-10H2,1-6H3. The summed E-state index contributed by atoms with van der Waals surface area (Å²) in [6.07, 6.45) is 2.01. The zero-order valence-corrected chi connectivity index (χ0v) is 12.8. The van der Waals surface area contributed by atoms with Crippen LogP contribution < -0.4 is 5.32 Å². The van der Waals surface area contributed by atoms with Crippen LogP contribution in [0.3, 0.4) is 0 Å². The third-order valence-corrected chi connectivity index (χ3v) is 4.26.